The molecular formula is C19H22N4O2. The quantitative estimate of drug-likeness (QED) is 0.796. The highest BCUT2D eigenvalue weighted by molar-refractivity contribution is 5.88. The Labute approximate surface area is 146 Å². The highest BCUT2D eigenvalue weighted by atomic mass is 16.3. The molecule has 1 aliphatic rings. The zero-order valence-corrected chi connectivity index (χ0v) is 14.6. The molecule has 1 unspecified atom stereocenters. The van der Waals surface area contributed by atoms with Gasteiger partial charge < -0.3 is 9.32 Å². The molecule has 1 N–H and O–H groups in total. The fraction of sp³-hybridized carbons (Fsp3) is 0.421. The maximum absolute atomic E-state index is 12.8. The van der Waals surface area contributed by atoms with Gasteiger partial charge in [0.15, 0.2) is 0 Å². The number of piperidine rings is 1. The first kappa shape index (κ1) is 15.9. The molecule has 0 aliphatic carbocycles. The van der Waals surface area contributed by atoms with Crippen LogP contribution in [0.25, 0.3) is 11.0 Å². The molecule has 6 nitrogen and oxygen atoms in total. The van der Waals surface area contributed by atoms with Crippen molar-refractivity contribution >= 4 is 16.9 Å². The SMILES string of the molecule is Cc1cc2occ(CC(=O)N3CCCC(c4ncn[nH]4)C3)c2cc1C. The van der Waals surface area contributed by atoms with Gasteiger partial charge in [0.2, 0.25) is 5.91 Å². The maximum atomic E-state index is 12.8. The molecule has 4 rings (SSSR count). The predicted octanol–water partition coefficient (Wildman–Crippen LogP) is 3.12. The van der Waals surface area contributed by atoms with Gasteiger partial charge in [0, 0.05) is 30.0 Å². The molecule has 25 heavy (non-hydrogen) atoms. The van der Waals surface area contributed by atoms with Gasteiger partial charge in [0.1, 0.15) is 17.7 Å². The lowest BCUT2D eigenvalue weighted by molar-refractivity contribution is -0.131. The van der Waals surface area contributed by atoms with Crippen molar-refractivity contribution in [2.45, 2.75) is 39.0 Å². The van der Waals surface area contributed by atoms with Crippen LogP contribution in [0.5, 0.6) is 0 Å². The molecule has 0 bridgehead atoms. The number of hydrogen-bond donors (Lipinski definition) is 1. The molecule has 1 atom stereocenters. The first-order valence-corrected chi connectivity index (χ1v) is 8.72. The normalized spacial score (nSPS) is 18.0. The Balaban J connectivity index is 1.51. The molecule has 1 aromatic carbocycles. The van der Waals surface area contributed by atoms with E-state index in [9.17, 15) is 4.79 Å². The summed E-state index contributed by atoms with van der Waals surface area (Å²) in [5.74, 6) is 1.26. The number of aromatic nitrogens is 3. The summed E-state index contributed by atoms with van der Waals surface area (Å²) >= 11 is 0. The summed E-state index contributed by atoms with van der Waals surface area (Å²) in [6, 6.07) is 4.16. The van der Waals surface area contributed by atoms with Crippen LogP contribution in [0.4, 0.5) is 0 Å². The Morgan fingerprint density at radius 2 is 2.20 bits per heavy atom. The van der Waals surface area contributed by atoms with E-state index in [1.807, 2.05) is 11.0 Å². The molecule has 3 aromatic rings. The minimum absolute atomic E-state index is 0.144. The van der Waals surface area contributed by atoms with Crippen molar-refractivity contribution in [3.63, 3.8) is 0 Å². The summed E-state index contributed by atoms with van der Waals surface area (Å²) < 4.78 is 5.66. The predicted molar refractivity (Wildman–Crippen MR) is 94.3 cm³/mol. The molecule has 2 aromatic heterocycles. The summed E-state index contributed by atoms with van der Waals surface area (Å²) in [5, 5.41) is 7.90. The standard InChI is InChI=1S/C19H22N4O2/c1-12-6-16-15(10-25-17(16)7-13(12)2)8-18(24)23-5-3-4-14(9-23)19-20-11-21-22-19/h6-7,10-11,14H,3-5,8-9H2,1-2H3,(H,20,21,22). The van der Waals surface area contributed by atoms with Crippen molar-refractivity contribution in [1.82, 2.24) is 20.1 Å². The minimum Gasteiger partial charge on any atom is -0.464 e. The van der Waals surface area contributed by atoms with E-state index in [0.717, 1.165) is 41.7 Å². The second kappa shape index (κ2) is 6.35. The van der Waals surface area contributed by atoms with Crippen molar-refractivity contribution in [2.75, 3.05) is 13.1 Å². The van der Waals surface area contributed by atoms with Gasteiger partial charge in [-0.1, -0.05) is 0 Å². The topological polar surface area (TPSA) is 75.0 Å². The van der Waals surface area contributed by atoms with Crippen LogP contribution in [0.2, 0.25) is 0 Å². The lowest BCUT2D eigenvalue weighted by Gasteiger charge is -2.31. The Morgan fingerprint density at radius 1 is 1.36 bits per heavy atom. The van der Waals surface area contributed by atoms with Gasteiger partial charge in [0.25, 0.3) is 0 Å². The van der Waals surface area contributed by atoms with Gasteiger partial charge in [-0.15, -0.1) is 0 Å². The molecule has 6 heteroatoms. The molecular weight excluding hydrogens is 316 g/mol. The number of likely N-dealkylation sites (tertiary alicyclic amines) is 1. The number of benzene rings is 1. The van der Waals surface area contributed by atoms with Crippen molar-refractivity contribution in [2.24, 2.45) is 0 Å². The van der Waals surface area contributed by atoms with Crippen molar-refractivity contribution in [1.29, 1.82) is 0 Å². The van der Waals surface area contributed by atoms with Gasteiger partial charge >= 0.3 is 0 Å². The van der Waals surface area contributed by atoms with Crippen LogP contribution in [-0.2, 0) is 11.2 Å². The number of rotatable bonds is 3. The van der Waals surface area contributed by atoms with Gasteiger partial charge in [0.05, 0.1) is 12.7 Å². The van der Waals surface area contributed by atoms with Crippen LogP contribution in [0.1, 0.15) is 41.3 Å². The van der Waals surface area contributed by atoms with Crippen LogP contribution in [-0.4, -0.2) is 39.1 Å². The number of nitrogens with zero attached hydrogens (tertiary/aromatic N) is 3. The number of carbonyl (C=O) groups is 1. The third-order valence-corrected chi connectivity index (χ3v) is 5.21. The average Bonchev–Trinajstić information content (AvgIpc) is 3.27. The van der Waals surface area contributed by atoms with Crippen LogP contribution in [0.3, 0.4) is 0 Å². The Kier molecular flexibility index (Phi) is 4.03. The molecule has 1 aliphatic heterocycles. The van der Waals surface area contributed by atoms with E-state index in [-0.39, 0.29) is 11.8 Å². The molecule has 1 fully saturated rings. The highest BCUT2D eigenvalue weighted by Gasteiger charge is 2.27. The maximum Gasteiger partial charge on any atom is 0.227 e. The fourth-order valence-electron chi connectivity index (χ4n) is 3.59. The summed E-state index contributed by atoms with van der Waals surface area (Å²) in [7, 11) is 0. The van der Waals surface area contributed by atoms with E-state index in [4.69, 9.17) is 4.42 Å². The summed E-state index contributed by atoms with van der Waals surface area (Å²) in [5.41, 5.74) is 4.23. The highest BCUT2D eigenvalue weighted by Crippen LogP contribution is 2.27. The molecule has 1 saturated heterocycles. The lowest BCUT2D eigenvalue weighted by Crippen LogP contribution is -2.40. The van der Waals surface area contributed by atoms with Crippen molar-refractivity contribution < 1.29 is 9.21 Å². The van der Waals surface area contributed by atoms with E-state index in [1.54, 1.807) is 6.26 Å². The zero-order chi connectivity index (χ0) is 17.4. The summed E-state index contributed by atoms with van der Waals surface area (Å²) in [4.78, 5) is 19.0. The molecule has 3 heterocycles. The fourth-order valence-corrected chi connectivity index (χ4v) is 3.59. The molecule has 0 radical (unpaired) electrons. The second-order valence-electron chi connectivity index (χ2n) is 6.92. The second-order valence-corrected chi connectivity index (χ2v) is 6.92. The van der Waals surface area contributed by atoms with Gasteiger partial charge in [-0.2, -0.15) is 5.10 Å². The third kappa shape index (κ3) is 3.04. The number of carbonyl (C=O) groups excluding carboxylic acids is 1. The Bertz CT molecular complexity index is 898. The molecule has 1 amide bonds. The number of H-pyrrole nitrogens is 1. The van der Waals surface area contributed by atoms with Gasteiger partial charge in [-0.3, -0.25) is 9.89 Å². The van der Waals surface area contributed by atoms with Crippen LogP contribution in [0, 0.1) is 13.8 Å². The number of nitrogens with one attached hydrogen (secondary N) is 1. The first-order valence-electron chi connectivity index (χ1n) is 8.72. The number of aromatic amines is 1. The van der Waals surface area contributed by atoms with E-state index in [2.05, 4.69) is 35.1 Å². The number of amides is 1. The largest absolute Gasteiger partial charge is 0.464 e. The number of fused-ring (bicyclic) bond motifs is 1. The lowest BCUT2D eigenvalue weighted by atomic mass is 9.96. The third-order valence-electron chi connectivity index (χ3n) is 5.21. The molecule has 0 spiro atoms. The zero-order valence-electron chi connectivity index (χ0n) is 14.6. The van der Waals surface area contributed by atoms with Crippen LogP contribution < -0.4 is 0 Å². The number of furan rings is 1. The Hall–Kier alpha value is -2.63. The molecule has 130 valence electrons. The average molecular weight is 338 g/mol. The van der Waals surface area contributed by atoms with E-state index < -0.39 is 0 Å². The van der Waals surface area contributed by atoms with Crippen LogP contribution >= 0.6 is 0 Å². The number of hydrogen-bond acceptors (Lipinski definition) is 4. The monoisotopic (exact) mass is 338 g/mol. The minimum atomic E-state index is 0.144. The van der Waals surface area contributed by atoms with Gasteiger partial charge in [-0.05, 0) is 49.9 Å². The van der Waals surface area contributed by atoms with E-state index >= 15 is 0 Å². The van der Waals surface area contributed by atoms with Crippen molar-refractivity contribution in [3.05, 3.63) is 47.2 Å². The van der Waals surface area contributed by atoms with Gasteiger partial charge in [-0.25, -0.2) is 4.98 Å². The summed E-state index contributed by atoms with van der Waals surface area (Å²) in [6.45, 7) is 5.65. The molecule has 0 saturated carbocycles. The smallest absolute Gasteiger partial charge is 0.227 e. The van der Waals surface area contributed by atoms with E-state index in [1.165, 1.54) is 17.5 Å². The number of aryl methyl sites for hydroxylation is 2. The Morgan fingerprint density at radius 3 is 3.00 bits per heavy atom. The van der Waals surface area contributed by atoms with E-state index in [0.29, 0.717) is 13.0 Å². The van der Waals surface area contributed by atoms with Crippen LogP contribution in [0.15, 0.2) is 29.1 Å². The first-order chi connectivity index (χ1) is 12.1. The summed E-state index contributed by atoms with van der Waals surface area (Å²) in [6.07, 6.45) is 5.64. The van der Waals surface area contributed by atoms with Crippen molar-refractivity contribution in [3.8, 4) is 0 Å².